The number of rotatable bonds is 1. The second-order valence-corrected chi connectivity index (χ2v) is 5.77. The number of hydrogen-bond acceptors (Lipinski definition) is 3. The molecule has 1 heterocycles. The summed E-state index contributed by atoms with van der Waals surface area (Å²) >= 11 is 0. The molecule has 0 saturated carbocycles. The molecule has 20 heavy (non-hydrogen) atoms. The lowest BCUT2D eigenvalue weighted by atomic mass is 9.84. The molecule has 0 aromatic heterocycles. The first kappa shape index (κ1) is 14.6. The Bertz CT molecular complexity index is 612. The van der Waals surface area contributed by atoms with Crippen LogP contribution >= 0.6 is 0 Å². The number of hydrogen-bond donors (Lipinski definition) is 1. The first-order valence-electron chi connectivity index (χ1n) is 6.00. The van der Waals surface area contributed by atoms with Crippen LogP contribution in [0.3, 0.4) is 0 Å². The second-order valence-electron chi connectivity index (χ2n) is 5.77. The van der Waals surface area contributed by atoms with Gasteiger partial charge in [0.05, 0.1) is 0 Å². The summed E-state index contributed by atoms with van der Waals surface area (Å²) in [6.07, 6.45) is 0. The molecule has 0 spiro atoms. The maximum atomic E-state index is 13.8. The normalized spacial score (nSPS) is 20.7. The van der Waals surface area contributed by atoms with Gasteiger partial charge in [-0.2, -0.15) is 0 Å². The topological polar surface area (TPSA) is 49.5 Å². The lowest BCUT2D eigenvalue weighted by molar-refractivity contribution is -0.539. The van der Waals surface area contributed by atoms with Gasteiger partial charge in [-0.05, 0) is 39.8 Å². The van der Waals surface area contributed by atoms with Crippen molar-refractivity contribution in [3.63, 3.8) is 0 Å². The van der Waals surface area contributed by atoms with Crippen LogP contribution in [0, 0.1) is 22.7 Å². The second kappa shape index (κ2) is 4.12. The summed E-state index contributed by atoms with van der Waals surface area (Å²) in [5.41, 5.74) is -3.15. The largest absolute Gasteiger partial charge is 0.714 e. The van der Waals surface area contributed by atoms with Gasteiger partial charge in [-0.15, -0.1) is 5.06 Å². The van der Waals surface area contributed by atoms with E-state index in [4.69, 9.17) is 0 Å². The quantitative estimate of drug-likeness (QED) is 0.491. The Morgan fingerprint density at radius 3 is 2.05 bits per heavy atom. The molecule has 2 rings (SSSR count). The zero-order chi connectivity index (χ0) is 15.5. The third-order valence-corrected chi connectivity index (χ3v) is 4.20. The molecule has 4 nitrogen and oxygen atoms in total. The van der Waals surface area contributed by atoms with Gasteiger partial charge in [0.25, 0.3) is 0 Å². The molecule has 0 saturated heterocycles. The molecule has 0 atom stereocenters. The van der Waals surface area contributed by atoms with Crippen molar-refractivity contribution in [1.29, 1.82) is 0 Å². The molecule has 0 bridgehead atoms. The number of amidine groups is 1. The molecule has 0 amide bonds. The Hall–Kier alpha value is -1.76. The fourth-order valence-corrected chi connectivity index (χ4v) is 2.06. The predicted octanol–water partition coefficient (Wildman–Crippen LogP) is 2.62. The van der Waals surface area contributed by atoms with Crippen LogP contribution in [-0.4, -0.2) is 31.9 Å². The monoisotopic (exact) mass is 288 g/mol. The average molecular weight is 288 g/mol. The van der Waals surface area contributed by atoms with Crippen molar-refractivity contribution in [1.82, 2.24) is 5.06 Å². The summed E-state index contributed by atoms with van der Waals surface area (Å²) in [7, 11) is 0. The van der Waals surface area contributed by atoms with Crippen LogP contribution in [0.4, 0.5) is 13.2 Å². The number of benzene rings is 1. The molecular formula is C13H15F3N2O2. The van der Waals surface area contributed by atoms with E-state index in [1.807, 2.05) is 0 Å². The van der Waals surface area contributed by atoms with Gasteiger partial charge in [0.15, 0.2) is 17.2 Å². The first-order chi connectivity index (χ1) is 9.03. The maximum Gasteiger partial charge on any atom is 0.319 e. The van der Waals surface area contributed by atoms with Gasteiger partial charge in [-0.3, -0.25) is 4.74 Å². The highest BCUT2D eigenvalue weighted by Gasteiger charge is 2.59. The van der Waals surface area contributed by atoms with E-state index in [1.165, 1.54) is 13.8 Å². The van der Waals surface area contributed by atoms with E-state index in [2.05, 4.69) is 0 Å². The Kier molecular flexibility index (Phi) is 3.01. The van der Waals surface area contributed by atoms with Crippen molar-refractivity contribution < 1.29 is 23.1 Å². The highest BCUT2D eigenvalue weighted by atomic mass is 19.2. The van der Waals surface area contributed by atoms with Crippen molar-refractivity contribution in [2.45, 2.75) is 38.8 Å². The SMILES string of the molecule is CC1(C)N(O)C(c2c(F)ccc(F)c2F)=[N+]([O-])C1(C)C. The van der Waals surface area contributed by atoms with Crippen molar-refractivity contribution in [3.8, 4) is 0 Å². The lowest BCUT2D eigenvalue weighted by Gasteiger charge is -2.33. The zero-order valence-corrected chi connectivity index (χ0v) is 11.5. The van der Waals surface area contributed by atoms with Crippen molar-refractivity contribution in [3.05, 3.63) is 40.4 Å². The molecule has 1 aliphatic heterocycles. The van der Waals surface area contributed by atoms with Gasteiger partial charge >= 0.3 is 5.84 Å². The summed E-state index contributed by atoms with van der Waals surface area (Å²) in [6, 6.07) is 1.33. The van der Waals surface area contributed by atoms with E-state index in [0.29, 0.717) is 21.9 Å². The Balaban J connectivity index is 2.77. The molecule has 110 valence electrons. The lowest BCUT2D eigenvalue weighted by Crippen LogP contribution is -2.53. The third kappa shape index (κ3) is 1.62. The van der Waals surface area contributed by atoms with Crippen molar-refractivity contribution in [2.24, 2.45) is 0 Å². The van der Waals surface area contributed by atoms with Crippen molar-refractivity contribution in [2.75, 3.05) is 0 Å². The van der Waals surface area contributed by atoms with Crippen LogP contribution in [0.15, 0.2) is 12.1 Å². The van der Waals surface area contributed by atoms with E-state index in [1.54, 1.807) is 13.8 Å². The highest BCUT2D eigenvalue weighted by molar-refractivity contribution is 5.96. The molecule has 1 N–H and O–H groups in total. The molecule has 0 aliphatic carbocycles. The van der Waals surface area contributed by atoms with E-state index in [-0.39, 0.29) is 0 Å². The minimum absolute atomic E-state index is 0.300. The number of hydroxylamine groups is 3. The average Bonchev–Trinajstić information content (AvgIpc) is 2.47. The van der Waals surface area contributed by atoms with E-state index < -0.39 is 39.9 Å². The smallest absolute Gasteiger partial charge is 0.319 e. The fraction of sp³-hybridized carbons (Fsp3) is 0.462. The molecule has 1 aromatic carbocycles. The molecule has 0 fully saturated rings. The summed E-state index contributed by atoms with van der Waals surface area (Å²) in [5, 5.41) is 22.9. The first-order valence-corrected chi connectivity index (χ1v) is 6.00. The predicted molar refractivity (Wildman–Crippen MR) is 65.8 cm³/mol. The number of nitrogens with zero attached hydrogens (tertiary/aromatic N) is 2. The molecule has 0 radical (unpaired) electrons. The molecule has 1 aliphatic rings. The van der Waals surface area contributed by atoms with Gasteiger partial charge in [0.2, 0.25) is 0 Å². The molecule has 7 heteroatoms. The van der Waals surface area contributed by atoms with E-state index in [9.17, 15) is 23.6 Å². The Morgan fingerprint density at radius 1 is 1.10 bits per heavy atom. The van der Waals surface area contributed by atoms with Crippen LogP contribution in [0.25, 0.3) is 0 Å². The van der Waals surface area contributed by atoms with Crippen LogP contribution in [-0.2, 0) is 0 Å². The molecular weight excluding hydrogens is 273 g/mol. The minimum atomic E-state index is -1.51. The highest BCUT2D eigenvalue weighted by Crippen LogP contribution is 2.38. The van der Waals surface area contributed by atoms with E-state index in [0.717, 1.165) is 0 Å². The van der Waals surface area contributed by atoms with Crippen LogP contribution in [0.2, 0.25) is 0 Å². The Morgan fingerprint density at radius 2 is 1.60 bits per heavy atom. The van der Waals surface area contributed by atoms with Crippen LogP contribution < -0.4 is 0 Å². The zero-order valence-electron chi connectivity index (χ0n) is 11.5. The fourth-order valence-electron chi connectivity index (χ4n) is 2.06. The Labute approximate surface area is 114 Å². The van der Waals surface area contributed by atoms with Crippen molar-refractivity contribution >= 4 is 5.84 Å². The van der Waals surface area contributed by atoms with Gasteiger partial charge in [-0.25, -0.2) is 18.4 Å². The van der Waals surface area contributed by atoms with Gasteiger partial charge in [-0.1, -0.05) is 0 Å². The third-order valence-electron chi connectivity index (χ3n) is 4.20. The maximum absolute atomic E-state index is 13.8. The molecule has 0 unspecified atom stereocenters. The van der Waals surface area contributed by atoms with E-state index >= 15 is 0 Å². The summed E-state index contributed by atoms with van der Waals surface area (Å²) < 4.78 is 41.2. The summed E-state index contributed by atoms with van der Waals surface area (Å²) in [5.74, 6) is -4.56. The minimum Gasteiger partial charge on any atom is -0.714 e. The van der Waals surface area contributed by atoms with Crippen LogP contribution in [0.1, 0.15) is 33.3 Å². The summed E-state index contributed by atoms with van der Waals surface area (Å²) in [6.45, 7) is 6.12. The summed E-state index contributed by atoms with van der Waals surface area (Å²) in [4.78, 5) is 0. The van der Waals surface area contributed by atoms with Gasteiger partial charge < -0.3 is 5.21 Å². The van der Waals surface area contributed by atoms with Gasteiger partial charge in [0, 0.05) is 0 Å². The van der Waals surface area contributed by atoms with Crippen LogP contribution in [0.5, 0.6) is 0 Å². The number of halogens is 3. The van der Waals surface area contributed by atoms with Gasteiger partial charge in [0.1, 0.15) is 16.9 Å². The molecule has 1 aromatic rings. The standard InChI is InChI=1S/C13H15F3N2O2/c1-12(2)13(3,4)18(20)11(17(12)19)9-7(14)5-6-8(15)10(9)16/h5-6,19H,1-4H3.